The largest absolute Gasteiger partial charge is 0.492 e. The van der Waals surface area contributed by atoms with Crippen LogP contribution in [0.3, 0.4) is 0 Å². The zero-order chi connectivity index (χ0) is 27.3. The van der Waals surface area contributed by atoms with E-state index in [0.29, 0.717) is 47.0 Å². The Morgan fingerprint density at radius 1 is 1.13 bits per heavy atom. The van der Waals surface area contributed by atoms with E-state index < -0.39 is 23.8 Å². The Kier molecular flexibility index (Phi) is 6.05. The lowest BCUT2D eigenvalue weighted by Crippen LogP contribution is -2.10. The highest BCUT2D eigenvalue weighted by molar-refractivity contribution is 5.75. The Bertz CT molecular complexity index is 1560. The fraction of sp³-hybridized carbons (Fsp3) is 0.276. The second-order valence-electron chi connectivity index (χ2n) is 9.79. The summed E-state index contributed by atoms with van der Waals surface area (Å²) in [7, 11) is 0. The molecule has 200 valence electrons. The maximum atomic E-state index is 14.1. The molecular weight excluding hydrogens is 511 g/mol. The van der Waals surface area contributed by atoms with Gasteiger partial charge in [-0.3, -0.25) is 4.79 Å². The molecule has 2 aliphatic rings. The fourth-order valence-electron chi connectivity index (χ4n) is 5.48. The number of carboxylic acids is 1. The van der Waals surface area contributed by atoms with E-state index in [1.54, 1.807) is 60.4 Å². The minimum Gasteiger partial charge on any atom is -0.492 e. The van der Waals surface area contributed by atoms with Crippen molar-refractivity contribution in [3.63, 3.8) is 0 Å². The Labute approximate surface area is 221 Å². The number of aliphatic carboxylic acids is 1. The summed E-state index contributed by atoms with van der Waals surface area (Å²) in [6, 6.07) is 14.7. The number of alkyl halides is 3. The SMILES string of the molecule is Cc1ncn(-c2ccc(-c3c(C(F)(F)F)ccc4c3CC[C@H]4Oc3ccc4c(c3)OCC4CC(=O)O)cc2)n1. The highest BCUT2D eigenvalue weighted by atomic mass is 19.4. The first-order valence-electron chi connectivity index (χ1n) is 12.5. The van der Waals surface area contributed by atoms with Gasteiger partial charge in [-0.2, -0.15) is 18.3 Å². The van der Waals surface area contributed by atoms with E-state index in [4.69, 9.17) is 14.6 Å². The Morgan fingerprint density at radius 2 is 1.90 bits per heavy atom. The van der Waals surface area contributed by atoms with Crippen LogP contribution >= 0.6 is 0 Å². The minimum atomic E-state index is -4.52. The summed E-state index contributed by atoms with van der Waals surface area (Å²) in [6.45, 7) is 2.05. The van der Waals surface area contributed by atoms with Crippen LogP contribution in [0.15, 0.2) is 60.9 Å². The first-order valence-corrected chi connectivity index (χ1v) is 12.5. The van der Waals surface area contributed by atoms with Crippen molar-refractivity contribution in [3.05, 3.63) is 89.0 Å². The predicted molar refractivity (Wildman–Crippen MR) is 135 cm³/mol. The summed E-state index contributed by atoms with van der Waals surface area (Å²) in [5.74, 6) is 0.586. The minimum absolute atomic E-state index is 0.0209. The topological polar surface area (TPSA) is 86.5 Å². The zero-order valence-electron chi connectivity index (χ0n) is 20.9. The number of hydrogen-bond acceptors (Lipinski definition) is 5. The van der Waals surface area contributed by atoms with Crippen LogP contribution in [0, 0.1) is 6.92 Å². The molecule has 0 saturated heterocycles. The average molecular weight is 536 g/mol. The fourth-order valence-corrected chi connectivity index (χ4v) is 5.48. The third kappa shape index (κ3) is 4.71. The molecule has 0 radical (unpaired) electrons. The van der Waals surface area contributed by atoms with Gasteiger partial charge >= 0.3 is 12.1 Å². The van der Waals surface area contributed by atoms with Gasteiger partial charge in [-0.05, 0) is 66.3 Å². The van der Waals surface area contributed by atoms with Crippen molar-refractivity contribution in [1.29, 1.82) is 0 Å². The molecule has 7 nitrogen and oxygen atoms in total. The molecule has 1 N–H and O–H groups in total. The van der Waals surface area contributed by atoms with Gasteiger partial charge in [0.25, 0.3) is 0 Å². The molecule has 0 saturated carbocycles. The highest BCUT2D eigenvalue weighted by Crippen LogP contribution is 2.47. The van der Waals surface area contributed by atoms with Crippen molar-refractivity contribution >= 4 is 5.97 Å². The van der Waals surface area contributed by atoms with Gasteiger partial charge in [0.1, 0.15) is 29.8 Å². The quantitative estimate of drug-likeness (QED) is 0.313. The van der Waals surface area contributed by atoms with Crippen molar-refractivity contribution in [3.8, 4) is 28.3 Å². The van der Waals surface area contributed by atoms with Gasteiger partial charge in [0.2, 0.25) is 0 Å². The molecule has 0 fully saturated rings. The smallest absolute Gasteiger partial charge is 0.417 e. The molecule has 1 aromatic heterocycles. The van der Waals surface area contributed by atoms with E-state index in [9.17, 15) is 18.0 Å². The van der Waals surface area contributed by atoms with Crippen LogP contribution in [0.25, 0.3) is 16.8 Å². The molecule has 2 atom stereocenters. The van der Waals surface area contributed by atoms with Crippen molar-refractivity contribution in [2.24, 2.45) is 0 Å². The van der Waals surface area contributed by atoms with Gasteiger partial charge in [0.05, 0.1) is 24.3 Å². The van der Waals surface area contributed by atoms with Crippen molar-refractivity contribution < 1.29 is 32.5 Å². The lowest BCUT2D eigenvalue weighted by atomic mass is 9.91. The third-order valence-electron chi connectivity index (χ3n) is 7.25. The van der Waals surface area contributed by atoms with Gasteiger partial charge in [-0.1, -0.05) is 24.3 Å². The molecule has 39 heavy (non-hydrogen) atoms. The van der Waals surface area contributed by atoms with E-state index in [1.807, 2.05) is 0 Å². The van der Waals surface area contributed by atoms with E-state index in [1.165, 1.54) is 6.07 Å². The maximum Gasteiger partial charge on any atom is 0.417 e. The van der Waals surface area contributed by atoms with E-state index in [-0.39, 0.29) is 24.5 Å². The molecule has 1 aliphatic heterocycles. The standard InChI is InChI=1S/C29H24F3N3O4/c1-16-33-15-35(34-16)19-4-2-17(3-5-19)28-23-9-11-25(22(23)8-10-24(28)29(30,31)32)39-20-6-7-21-18(12-27(36)37)14-38-26(21)13-20/h2-8,10,13,15,18,25H,9,11-12,14H2,1H3,(H,36,37)/t18?,25-/m1/s1. The van der Waals surface area contributed by atoms with Crippen LogP contribution in [0.2, 0.25) is 0 Å². The second kappa shape index (κ2) is 9.44. The van der Waals surface area contributed by atoms with E-state index in [0.717, 1.165) is 17.2 Å². The van der Waals surface area contributed by atoms with E-state index >= 15 is 0 Å². The number of halogens is 3. The first kappa shape index (κ1) is 25.0. The normalized spacial score (nSPS) is 17.9. The lowest BCUT2D eigenvalue weighted by Gasteiger charge is -2.20. The van der Waals surface area contributed by atoms with Crippen LogP contribution in [-0.4, -0.2) is 32.4 Å². The molecule has 3 aromatic carbocycles. The number of fused-ring (bicyclic) bond motifs is 2. The summed E-state index contributed by atoms with van der Waals surface area (Å²) in [6.07, 6.45) is -2.44. The molecule has 2 heterocycles. The Hall–Kier alpha value is -4.34. The summed E-state index contributed by atoms with van der Waals surface area (Å²) >= 11 is 0. The molecule has 1 aliphatic carbocycles. The molecular formula is C29H24F3N3O4. The Balaban J connectivity index is 1.32. The third-order valence-corrected chi connectivity index (χ3v) is 7.25. The van der Waals surface area contributed by atoms with Gasteiger partial charge in [-0.25, -0.2) is 9.67 Å². The number of aromatic nitrogens is 3. The van der Waals surface area contributed by atoms with Crippen LogP contribution in [-0.2, 0) is 17.4 Å². The number of carboxylic acid groups (broad SMARTS) is 1. The highest BCUT2D eigenvalue weighted by Gasteiger charge is 2.38. The average Bonchev–Trinajstić information content (AvgIpc) is 3.62. The van der Waals surface area contributed by atoms with Gasteiger partial charge in [-0.15, -0.1) is 0 Å². The van der Waals surface area contributed by atoms with Crippen LogP contribution in [0.5, 0.6) is 11.5 Å². The summed E-state index contributed by atoms with van der Waals surface area (Å²) in [5, 5.41) is 13.4. The predicted octanol–water partition coefficient (Wildman–Crippen LogP) is 6.28. The number of ether oxygens (including phenoxy) is 2. The van der Waals surface area contributed by atoms with Crippen LogP contribution in [0.4, 0.5) is 13.2 Å². The molecule has 10 heteroatoms. The van der Waals surface area contributed by atoms with Crippen LogP contribution < -0.4 is 9.47 Å². The molecule has 1 unspecified atom stereocenters. The molecule has 0 bridgehead atoms. The first-order chi connectivity index (χ1) is 18.7. The van der Waals surface area contributed by atoms with Crippen molar-refractivity contribution in [2.75, 3.05) is 6.61 Å². The van der Waals surface area contributed by atoms with Gasteiger partial charge in [0.15, 0.2) is 0 Å². The number of rotatable bonds is 6. The number of aryl methyl sites for hydroxylation is 1. The molecule has 0 amide bonds. The van der Waals surface area contributed by atoms with E-state index in [2.05, 4.69) is 10.1 Å². The zero-order valence-corrected chi connectivity index (χ0v) is 20.9. The summed E-state index contributed by atoms with van der Waals surface area (Å²) < 4.78 is 55.9. The van der Waals surface area contributed by atoms with Crippen LogP contribution in [0.1, 0.15) is 52.9 Å². The number of benzene rings is 3. The number of nitrogens with zero attached hydrogens (tertiary/aromatic N) is 3. The van der Waals surface area contributed by atoms with Crippen molar-refractivity contribution in [2.45, 2.75) is 44.4 Å². The lowest BCUT2D eigenvalue weighted by molar-refractivity contribution is -0.138. The second-order valence-corrected chi connectivity index (χ2v) is 9.79. The summed E-state index contributed by atoms with van der Waals surface area (Å²) in [4.78, 5) is 15.2. The van der Waals surface area contributed by atoms with Gasteiger partial charge < -0.3 is 14.6 Å². The van der Waals surface area contributed by atoms with Gasteiger partial charge in [0, 0.05) is 17.5 Å². The summed E-state index contributed by atoms with van der Waals surface area (Å²) in [5.41, 5.74) is 2.82. The monoisotopic (exact) mass is 535 g/mol. The Morgan fingerprint density at radius 3 is 2.59 bits per heavy atom. The molecule has 0 spiro atoms. The molecule has 4 aromatic rings. The molecule has 6 rings (SSSR count). The maximum absolute atomic E-state index is 14.1. The van der Waals surface area contributed by atoms with Crippen molar-refractivity contribution in [1.82, 2.24) is 14.8 Å². The number of carbonyl (C=O) groups is 1. The number of hydrogen-bond donors (Lipinski definition) is 1.